The number of methoxy groups -OCH3 is 1. The molecule has 0 aliphatic heterocycles. The molecule has 0 saturated carbocycles. The maximum absolute atomic E-state index is 5.85. The quantitative estimate of drug-likeness (QED) is 0.851. The molecule has 0 radical (unpaired) electrons. The SMILES string of the molecule is COc1ncnc(NCCc2csc(C)n2)c1N. The number of nitrogens with one attached hydrogen (secondary N) is 1. The molecule has 0 aliphatic carbocycles. The summed E-state index contributed by atoms with van der Waals surface area (Å²) in [6.45, 7) is 2.71. The number of nitrogens with zero attached hydrogens (tertiary/aromatic N) is 3. The topological polar surface area (TPSA) is 86.0 Å². The van der Waals surface area contributed by atoms with Crippen LogP contribution in [-0.2, 0) is 6.42 Å². The first-order chi connectivity index (χ1) is 8.70. The highest BCUT2D eigenvalue weighted by Crippen LogP contribution is 2.23. The highest BCUT2D eigenvalue weighted by atomic mass is 32.1. The van der Waals surface area contributed by atoms with E-state index in [4.69, 9.17) is 10.5 Å². The molecule has 2 aromatic rings. The van der Waals surface area contributed by atoms with Crippen molar-refractivity contribution in [2.45, 2.75) is 13.3 Å². The summed E-state index contributed by atoms with van der Waals surface area (Å²) in [6.07, 6.45) is 2.25. The molecule has 0 aromatic carbocycles. The number of aromatic nitrogens is 3. The molecule has 0 bridgehead atoms. The molecular formula is C11H15N5OS. The number of rotatable bonds is 5. The molecule has 0 spiro atoms. The van der Waals surface area contributed by atoms with Crippen LogP contribution in [0, 0.1) is 6.92 Å². The molecule has 0 fully saturated rings. The van der Waals surface area contributed by atoms with Crippen LogP contribution in [0.5, 0.6) is 5.88 Å². The van der Waals surface area contributed by atoms with Crippen LogP contribution in [0.4, 0.5) is 11.5 Å². The van der Waals surface area contributed by atoms with Gasteiger partial charge in [0.05, 0.1) is 17.8 Å². The van der Waals surface area contributed by atoms with Crippen molar-refractivity contribution in [3.8, 4) is 5.88 Å². The smallest absolute Gasteiger partial charge is 0.242 e. The van der Waals surface area contributed by atoms with Crippen LogP contribution in [0.2, 0.25) is 0 Å². The zero-order valence-electron chi connectivity index (χ0n) is 10.3. The maximum atomic E-state index is 5.85. The van der Waals surface area contributed by atoms with E-state index in [1.54, 1.807) is 11.3 Å². The van der Waals surface area contributed by atoms with Crippen molar-refractivity contribution in [3.05, 3.63) is 22.4 Å². The van der Waals surface area contributed by atoms with Gasteiger partial charge in [-0.05, 0) is 6.92 Å². The van der Waals surface area contributed by atoms with Gasteiger partial charge < -0.3 is 15.8 Å². The average molecular weight is 265 g/mol. The van der Waals surface area contributed by atoms with E-state index in [-0.39, 0.29) is 0 Å². The van der Waals surface area contributed by atoms with Crippen molar-refractivity contribution < 1.29 is 4.74 Å². The summed E-state index contributed by atoms with van der Waals surface area (Å²) in [5.41, 5.74) is 7.35. The largest absolute Gasteiger partial charge is 0.479 e. The number of nitrogen functional groups attached to an aromatic ring is 1. The molecule has 0 aliphatic rings. The predicted molar refractivity (Wildman–Crippen MR) is 72.0 cm³/mol. The molecule has 6 nitrogen and oxygen atoms in total. The summed E-state index contributed by atoms with van der Waals surface area (Å²) in [6, 6.07) is 0. The molecule has 96 valence electrons. The molecule has 7 heteroatoms. The van der Waals surface area contributed by atoms with Crippen LogP contribution < -0.4 is 15.8 Å². The lowest BCUT2D eigenvalue weighted by molar-refractivity contribution is 0.399. The van der Waals surface area contributed by atoms with Crippen molar-refractivity contribution in [3.63, 3.8) is 0 Å². The predicted octanol–water partition coefficient (Wildman–Crippen LogP) is 1.49. The highest BCUT2D eigenvalue weighted by molar-refractivity contribution is 7.09. The van der Waals surface area contributed by atoms with Gasteiger partial charge in [-0.2, -0.15) is 4.98 Å². The van der Waals surface area contributed by atoms with Crippen LogP contribution in [0.1, 0.15) is 10.7 Å². The number of aryl methyl sites for hydroxylation is 1. The summed E-state index contributed by atoms with van der Waals surface area (Å²) >= 11 is 1.65. The number of ether oxygens (including phenoxy) is 1. The third kappa shape index (κ3) is 2.86. The highest BCUT2D eigenvalue weighted by Gasteiger charge is 2.07. The first kappa shape index (κ1) is 12.6. The fourth-order valence-corrected chi connectivity index (χ4v) is 2.16. The van der Waals surface area contributed by atoms with Gasteiger partial charge in [0, 0.05) is 18.3 Å². The zero-order chi connectivity index (χ0) is 13.0. The minimum Gasteiger partial charge on any atom is -0.479 e. The van der Waals surface area contributed by atoms with Gasteiger partial charge in [-0.3, -0.25) is 0 Å². The number of hydrogen-bond acceptors (Lipinski definition) is 7. The van der Waals surface area contributed by atoms with Gasteiger partial charge in [-0.15, -0.1) is 11.3 Å². The summed E-state index contributed by atoms with van der Waals surface area (Å²) < 4.78 is 5.03. The molecule has 2 rings (SSSR count). The third-order valence-corrected chi connectivity index (χ3v) is 3.20. The molecule has 18 heavy (non-hydrogen) atoms. The lowest BCUT2D eigenvalue weighted by Gasteiger charge is -2.09. The summed E-state index contributed by atoms with van der Waals surface area (Å²) in [7, 11) is 1.53. The van der Waals surface area contributed by atoms with E-state index in [0.717, 1.165) is 17.1 Å². The van der Waals surface area contributed by atoms with Gasteiger partial charge in [0.25, 0.3) is 0 Å². The van der Waals surface area contributed by atoms with E-state index in [0.29, 0.717) is 23.9 Å². The van der Waals surface area contributed by atoms with Crippen LogP contribution >= 0.6 is 11.3 Å². The second-order valence-corrected chi connectivity index (χ2v) is 4.74. The standard InChI is InChI=1S/C11H15N5OS/c1-7-16-8(5-18-7)3-4-13-10-9(12)11(17-2)15-6-14-10/h5-6H,3-4,12H2,1-2H3,(H,13,14,15). The molecular weight excluding hydrogens is 250 g/mol. The fourth-order valence-electron chi connectivity index (χ4n) is 1.51. The van der Waals surface area contributed by atoms with Gasteiger partial charge >= 0.3 is 0 Å². The number of anilines is 2. The maximum Gasteiger partial charge on any atom is 0.242 e. The van der Waals surface area contributed by atoms with E-state index >= 15 is 0 Å². The molecule has 2 aromatic heterocycles. The van der Waals surface area contributed by atoms with Crippen molar-refractivity contribution >= 4 is 22.8 Å². The Morgan fingerprint density at radius 2 is 2.28 bits per heavy atom. The molecule has 3 N–H and O–H groups in total. The Morgan fingerprint density at radius 1 is 1.44 bits per heavy atom. The van der Waals surface area contributed by atoms with E-state index in [1.165, 1.54) is 13.4 Å². The van der Waals surface area contributed by atoms with Gasteiger partial charge in [-0.25, -0.2) is 9.97 Å². The molecule has 0 saturated heterocycles. The van der Waals surface area contributed by atoms with E-state index in [9.17, 15) is 0 Å². The monoisotopic (exact) mass is 265 g/mol. The Labute approximate surface area is 109 Å². The van der Waals surface area contributed by atoms with Gasteiger partial charge in [0.1, 0.15) is 12.0 Å². The lowest BCUT2D eigenvalue weighted by Crippen LogP contribution is -2.10. The Morgan fingerprint density at radius 3 is 2.94 bits per heavy atom. The van der Waals surface area contributed by atoms with Crippen molar-refractivity contribution in [1.29, 1.82) is 0 Å². The number of nitrogens with two attached hydrogens (primary N) is 1. The Balaban J connectivity index is 1.94. The average Bonchev–Trinajstić information content (AvgIpc) is 2.77. The van der Waals surface area contributed by atoms with Gasteiger partial charge in [0.2, 0.25) is 5.88 Å². The summed E-state index contributed by atoms with van der Waals surface area (Å²) in [4.78, 5) is 12.4. The molecule has 2 heterocycles. The van der Waals surface area contributed by atoms with Crippen LogP contribution in [0.15, 0.2) is 11.7 Å². The molecule has 0 amide bonds. The normalized spacial score (nSPS) is 10.3. The van der Waals surface area contributed by atoms with Gasteiger partial charge in [-0.1, -0.05) is 0 Å². The molecule has 0 atom stereocenters. The Kier molecular flexibility index (Phi) is 3.93. The summed E-state index contributed by atoms with van der Waals surface area (Å²) in [5.74, 6) is 0.978. The van der Waals surface area contributed by atoms with Crippen LogP contribution in [0.3, 0.4) is 0 Å². The van der Waals surface area contributed by atoms with Crippen LogP contribution in [0.25, 0.3) is 0 Å². The fraction of sp³-hybridized carbons (Fsp3) is 0.364. The first-order valence-corrected chi connectivity index (χ1v) is 6.38. The van der Waals surface area contributed by atoms with Gasteiger partial charge in [0.15, 0.2) is 5.82 Å². The number of thiazole rings is 1. The number of hydrogen-bond donors (Lipinski definition) is 2. The minimum atomic E-state index is 0.386. The third-order valence-electron chi connectivity index (χ3n) is 2.38. The second-order valence-electron chi connectivity index (χ2n) is 3.68. The molecule has 0 unspecified atom stereocenters. The Bertz CT molecular complexity index is 528. The first-order valence-electron chi connectivity index (χ1n) is 5.50. The van der Waals surface area contributed by atoms with E-state index in [2.05, 4.69) is 25.6 Å². The summed E-state index contributed by atoms with van der Waals surface area (Å²) in [5, 5.41) is 6.29. The van der Waals surface area contributed by atoms with Crippen LogP contribution in [-0.4, -0.2) is 28.6 Å². The van der Waals surface area contributed by atoms with E-state index in [1.807, 2.05) is 6.92 Å². The van der Waals surface area contributed by atoms with Crippen molar-refractivity contribution in [1.82, 2.24) is 15.0 Å². The lowest BCUT2D eigenvalue weighted by atomic mass is 10.3. The second kappa shape index (κ2) is 5.63. The van der Waals surface area contributed by atoms with Crippen molar-refractivity contribution in [2.75, 3.05) is 24.7 Å². The zero-order valence-corrected chi connectivity index (χ0v) is 11.1. The van der Waals surface area contributed by atoms with Crippen molar-refractivity contribution in [2.24, 2.45) is 0 Å². The Hall–Kier alpha value is -1.89. The minimum absolute atomic E-state index is 0.386. The van der Waals surface area contributed by atoms with E-state index < -0.39 is 0 Å².